The molecule has 174 valence electrons. The van der Waals surface area contributed by atoms with Crippen molar-refractivity contribution >= 4 is 40.1 Å². The van der Waals surface area contributed by atoms with Crippen molar-refractivity contribution < 1.29 is 13.9 Å². The lowest BCUT2D eigenvalue weighted by Gasteiger charge is -2.34. The predicted octanol–water partition coefficient (Wildman–Crippen LogP) is 2.81. The Balaban J connectivity index is 1.29. The Bertz CT molecular complexity index is 1430. The summed E-state index contributed by atoms with van der Waals surface area (Å²) in [7, 11) is 1.64. The average Bonchev–Trinajstić information content (AvgIpc) is 3.45. The van der Waals surface area contributed by atoms with Crippen LogP contribution in [-0.2, 0) is 4.79 Å². The fourth-order valence-electron chi connectivity index (χ4n) is 4.20. The summed E-state index contributed by atoms with van der Waals surface area (Å²) in [5.74, 6) is 1.98. The minimum atomic E-state index is 0.0321. The molecule has 1 aliphatic heterocycles. The molecule has 0 N–H and O–H groups in total. The lowest BCUT2D eigenvalue weighted by atomic mass is 10.1. The molecule has 1 amide bonds. The highest BCUT2D eigenvalue weighted by Crippen LogP contribution is 2.29. The topological polar surface area (TPSA) is 113 Å². The lowest BCUT2D eigenvalue weighted by molar-refractivity contribution is -0.128. The van der Waals surface area contributed by atoms with E-state index < -0.39 is 0 Å². The van der Waals surface area contributed by atoms with Crippen molar-refractivity contribution in [3.8, 4) is 11.8 Å². The van der Waals surface area contributed by atoms with E-state index >= 15 is 0 Å². The minimum absolute atomic E-state index is 0.0321. The number of piperazine rings is 1. The number of methoxy groups -OCH3 is 1. The summed E-state index contributed by atoms with van der Waals surface area (Å²) in [5.41, 5.74) is 3.06. The van der Waals surface area contributed by atoms with Crippen LogP contribution in [0.5, 0.6) is 5.75 Å². The Labute approximate surface area is 200 Å². The number of benzene rings is 1. The maximum absolute atomic E-state index is 12.9. The Kier molecular flexibility index (Phi) is 5.75. The van der Waals surface area contributed by atoms with Gasteiger partial charge in [-0.15, -0.1) is 10.2 Å². The zero-order chi connectivity index (χ0) is 23.8. The summed E-state index contributed by atoms with van der Waals surface area (Å²) in [5, 5.41) is 19.7. The van der Waals surface area contributed by atoms with E-state index in [1.54, 1.807) is 14.0 Å². The number of carbonyl (C=O) groups excluding carboxylic acids is 1. The number of anilines is 1. The molecule has 1 aliphatic rings. The van der Waals surface area contributed by atoms with Crippen LogP contribution in [0.4, 0.5) is 5.88 Å². The molecule has 0 radical (unpaired) electrons. The number of ether oxygens (including phenoxy) is 1. The van der Waals surface area contributed by atoms with Gasteiger partial charge in [-0.3, -0.25) is 9.20 Å². The van der Waals surface area contributed by atoms with Gasteiger partial charge in [-0.1, -0.05) is 11.8 Å². The number of hydrogen-bond acceptors (Lipinski definition) is 9. The highest BCUT2D eigenvalue weighted by Gasteiger charge is 2.26. The first kappa shape index (κ1) is 22.0. The number of aromatic nitrogens is 4. The van der Waals surface area contributed by atoms with Gasteiger partial charge in [0, 0.05) is 44.6 Å². The van der Waals surface area contributed by atoms with Crippen molar-refractivity contribution in [3.63, 3.8) is 0 Å². The molecule has 0 spiro atoms. The van der Waals surface area contributed by atoms with Crippen molar-refractivity contribution in [1.82, 2.24) is 24.5 Å². The van der Waals surface area contributed by atoms with Gasteiger partial charge < -0.3 is 19.0 Å². The minimum Gasteiger partial charge on any atom is -0.497 e. The molecule has 10 nitrogen and oxygen atoms in total. The van der Waals surface area contributed by atoms with E-state index in [9.17, 15) is 10.1 Å². The average molecular weight is 478 g/mol. The molecule has 3 aromatic heterocycles. The highest BCUT2D eigenvalue weighted by atomic mass is 32.2. The summed E-state index contributed by atoms with van der Waals surface area (Å²) in [6.07, 6.45) is 0. The molecule has 34 heavy (non-hydrogen) atoms. The quantitative estimate of drug-likeness (QED) is 0.400. The zero-order valence-electron chi connectivity index (χ0n) is 19.1. The number of pyridine rings is 1. The van der Waals surface area contributed by atoms with E-state index in [2.05, 4.69) is 21.3 Å². The van der Waals surface area contributed by atoms with Crippen molar-refractivity contribution in [3.05, 3.63) is 41.4 Å². The van der Waals surface area contributed by atoms with Crippen LogP contribution in [0.1, 0.15) is 17.1 Å². The first-order valence-electron chi connectivity index (χ1n) is 10.8. The van der Waals surface area contributed by atoms with E-state index in [4.69, 9.17) is 9.15 Å². The van der Waals surface area contributed by atoms with E-state index in [0.29, 0.717) is 43.1 Å². The van der Waals surface area contributed by atoms with Crippen LogP contribution < -0.4 is 9.64 Å². The summed E-state index contributed by atoms with van der Waals surface area (Å²) in [6.45, 7) is 6.01. The second-order valence-electron chi connectivity index (χ2n) is 8.04. The van der Waals surface area contributed by atoms with Gasteiger partial charge >= 0.3 is 0 Å². The Morgan fingerprint density at radius 1 is 1.21 bits per heavy atom. The molecular formula is C23H23N7O3S. The predicted molar refractivity (Wildman–Crippen MR) is 127 cm³/mol. The molecule has 0 aliphatic carbocycles. The summed E-state index contributed by atoms with van der Waals surface area (Å²) in [6, 6.07) is 9.98. The Hall–Kier alpha value is -3.78. The van der Waals surface area contributed by atoms with Gasteiger partial charge in [-0.05, 0) is 30.7 Å². The number of thioether (sulfide) groups is 1. The van der Waals surface area contributed by atoms with Gasteiger partial charge in [0.05, 0.1) is 18.4 Å². The number of oxazole rings is 1. The molecule has 0 unspecified atom stereocenters. The molecule has 11 heteroatoms. The maximum atomic E-state index is 12.9. The molecule has 4 aromatic rings. The molecule has 0 saturated carbocycles. The molecular weight excluding hydrogens is 454 g/mol. The van der Waals surface area contributed by atoms with Crippen LogP contribution in [-0.4, -0.2) is 69.4 Å². The third kappa shape index (κ3) is 3.90. The first-order chi connectivity index (χ1) is 16.5. The maximum Gasteiger partial charge on any atom is 0.234 e. The molecule has 4 heterocycles. The summed E-state index contributed by atoms with van der Waals surface area (Å²) in [4.78, 5) is 20.8. The number of nitriles is 1. The molecule has 5 rings (SSSR count). The van der Waals surface area contributed by atoms with Crippen LogP contribution in [0.3, 0.4) is 0 Å². The van der Waals surface area contributed by atoms with E-state index in [1.165, 1.54) is 11.8 Å². The number of hydrogen-bond donors (Lipinski definition) is 0. The second-order valence-corrected chi connectivity index (χ2v) is 8.98. The van der Waals surface area contributed by atoms with Crippen molar-refractivity contribution in [2.75, 3.05) is 43.9 Å². The molecule has 1 saturated heterocycles. The van der Waals surface area contributed by atoms with E-state index in [0.717, 1.165) is 27.9 Å². The fraction of sp³-hybridized carbons (Fsp3) is 0.348. The third-order valence-electron chi connectivity index (χ3n) is 5.94. The number of carbonyl (C=O) groups is 1. The lowest BCUT2D eigenvalue weighted by Crippen LogP contribution is -2.49. The van der Waals surface area contributed by atoms with Gasteiger partial charge in [-0.2, -0.15) is 5.26 Å². The van der Waals surface area contributed by atoms with Crippen LogP contribution in [0.15, 0.2) is 33.8 Å². The first-order valence-corrected chi connectivity index (χ1v) is 11.8. The molecule has 0 bridgehead atoms. The van der Waals surface area contributed by atoms with Crippen LogP contribution in [0, 0.1) is 25.2 Å². The largest absolute Gasteiger partial charge is 0.497 e. The number of rotatable bonds is 5. The second kappa shape index (κ2) is 8.87. The van der Waals surface area contributed by atoms with Gasteiger partial charge in [0.25, 0.3) is 0 Å². The summed E-state index contributed by atoms with van der Waals surface area (Å²) >= 11 is 1.37. The molecule has 1 fully saturated rings. The standard InChI is InChI=1S/C23H23N7O3S/c1-14-10-20-26-27-23(30(20)19-11-16(32-3)4-5-17(14)19)34-13-21(31)28-6-8-29(9-7-28)22-18(12-24)25-15(2)33-22/h4-5,10-11H,6-9,13H2,1-3H3. The Morgan fingerprint density at radius 2 is 2.00 bits per heavy atom. The number of aryl methyl sites for hydroxylation is 2. The Morgan fingerprint density at radius 3 is 2.74 bits per heavy atom. The van der Waals surface area contributed by atoms with Crippen molar-refractivity contribution in [2.45, 2.75) is 19.0 Å². The smallest absolute Gasteiger partial charge is 0.234 e. The number of amides is 1. The van der Waals surface area contributed by atoms with Gasteiger partial charge in [0.1, 0.15) is 11.8 Å². The van der Waals surface area contributed by atoms with Crippen molar-refractivity contribution in [1.29, 1.82) is 5.26 Å². The van der Waals surface area contributed by atoms with Gasteiger partial charge in [-0.25, -0.2) is 4.98 Å². The molecule has 0 atom stereocenters. The van der Waals surface area contributed by atoms with Crippen molar-refractivity contribution in [2.24, 2.45) is 0 Å². The van der Waals surface area contributed by atoms with Crippen LogP contribution in [0.25, 0.3) is 16.6 Å². The third-order valence-corrected chi connectivity index (χ3v) is 6.85. The fourth-order valence-corrected chi connectivity index (χ4v) is 5.06. The van der Waals surface area contributed by atoms with E-state index in [1.807, 2.05) is 45.4 Å². The zero-order valence-corrected chi connectivity index (χ0v) is 19.9. The molecule has 1 aromatic carbocycles. The number of fused-ring (bicyclic) bond motifs is 3. The van der Waals surface area contributed by atoms with Crippen LogP contribution in [0.2, 0.25) is 0 Å². The van der Waals surface area contributed by atoms with Gasteiger partial charge in [0.2, 0.25) is 17.5 Å². The normalized spacial score (nSPS) is 14.1. The van der Waals surface area contributed by atoms with Gasteiger partial charge in [0.15, 0.2) is 16.7 Å². The summed E-state index contributed by atoms with van der Waals surface area (Å²) < 4.78 is 13.0. The van der Waals surface area contributed by atoms with Crippen LogP contribution >= 0.6 is 11.8 Å². The number of nitrogens with zero attached hydrogens (tertiary/aromatic N) is 7. The highest BCUT2D eigenvalue weighted by molar-refractivity contribution is 7.99. The van der Waals surface area contributed by atoms with E-state index in [-0.39, 0.29) is 17.4 Å². The monoisotopic (exact) mass is 477 g/mol. The SMILES string of the molecule is COc1ccc2c(C)cc3nnc(SCC(=O)N4CCN(c5oc(C)nc5C#N)CC4)n3c2c1.